The molecule has 1 aromatic carbocycles. The van der Waals surface area contributed by atoms with Crippen LogP contribution in [0.15, 0.2) is 66.7 Å². The standard InChI is InChI=1S/C22H30N2O2/c1-4-21(26-3)20(25)12-15-22(5-2,18-23)14-9-16-24-17-13-19-10-7-6-8-11-19/h4,6-8,10-12,15,24-25H,1,5,9,13-14,16-17H2,2-3H3/b15-12+,21-20-. The van der Waals surface area contributed by atoms with E-state index >= 15 is 0 Å². The monoisotopic (exact) mass is 354 g/mol. The SMILES string of the molecule is C=C/C(OC)=C(O)\C=C\C(C#N)(CC)CCCNCCc1ccccc1. The predicted molar refractivity (Wildman–Crippen MR) is 107 cm³/mol. The van der Waals surface area contributed by atoms with Crippen molar-refractivity contribution in [3.8, 4) is 6.07 Å². The summed E-state index contributed by atoms with van der Waals surface area (Å²) in [6.45, 7) is 7.36. The van der Waals surface area contributed by atoms with Gasteiger partial charge in [0.2, 0.25) is 0 Å². The largest absolute Gasteiger partial charge is 0.504 e. The highest BCUT2D eigenvalue weighted by atomic mass is 16.5. The predicted octanol–water partition coefficient (Wildman–Crippen LogP) is 4.68. The van der Waals surface area contributed by atoms with Crippen LogP contribution in [-0.2, 0) is 11.2 Å². The molecular formula is C22H30N2O2. The molecule has 0 bridgehead atoms. The number of nitrogens with zero attached hydrogens (tertiary/aromatic N) is 1. The first kappa shape index (κ1) is 21.5. The van der Waals surface area contributed by atoms with Crippen molar-refractivity contribution in [1.82, 2.24) is 5.32 Å². The van der Waals surface area contributed by atoms with Gasteiger partial charge >= 0.3 is 0 Å². The van der Waals surface area contributed by atoms with Crippen molar-refractivity contribution in [2.24, 2.45) is 5.41 Å². The second-order valence-corrected chi connectivity index (χ2v) is 6.20. The maximum absolute atomic E-state index is 9.99. The van der Waals surface area contributed by atoms with Gasteiger partial charge in [-0.25, -0.2) is 0 Å². The van der Waals surface area contributed by atoms with E-state index in [1.807, 2.05) is 13.0 Å². The summed E-state index contributed by atoms with van der Waals surface area (Å²) in [5.74, 6) is 0.281. The van der Waals surface area contributed by atoms with Crippen molar-refractivity contribution in [3.05, 3.63) is 72.2 Å². The number of rotatable bonds is 12. The van der Waals surface area contributed by atoms with Crippen LogP contribution in [0.1, 0.15) is 31.7 Å². The molecule has 4 heteroatoms. The summed E-state index contributed by atoms with van der Waals surface area (Å²) in [6.07, 6.45) is 8.06. The molecule has 26 heavy (non-hydrogen) atoms. The minimum absolute atomic E-state index is 0.0171. The molecule has 0 aliphatic heterocycles. The topological polar surface area (TPSA) is 65.3 Å². The fraction of sp³-hybridized carbons (Fsp3) is 0.409. The summed E-state index contributed by atoms with van der Waals surface area (Å²) >= 11 is 0. The molecule has 0 aromatic heterocycles. The third-order valence-electron chi connectivity index (χ3n) is 4.48. The summed E-state index contributed by atoms with van der Waals surface area (Å²) < 4.78 is 5.02. The van der Waals surface area contributed by atoms with Crippen LogP contribution in [0.4, 0.5) is 0 Å². The zero-order valence-electron chi connectivity index (χ0n) is 15.9. The molecule has 0 spiro atoms. The lowest BCUT2D eigenvalue weighted by Crippen LogP contribution is -2.22. The molecule has 0 heterocycles. The second-order valence-electron chi connectivity index (χ2n) is 6.20. The first-order chi connectivity index (χ1) is 12.6. The number of nitriles is 1. The summed E-state index contributed by atoms with van der Waals surface area (Å²) in [6, 6.07) is 12.8. The van der Waals surface area contributed by atoms with Crippen molar-refractivity contribution in [2.75, 3.05) is 20.2 Å². The molecule has 0 aliphatic carbocycles. The van der Waals surface area contributed by atoms with Gasteiger partial charge in [-0.05, 0) is 56.5 Å². The van der Waals surface area contributed by atoms with Gasteiger partial charge in [0.1, 0.15) is 0 Å². The molecule has 0 aliphatic rings. The van der Waals surface area contributed by atoms with Gasteiger partial charge in [0.25, 0.3) is 0 Å². The van der Waals surface area contributed by atoms with Crippen molar-refractivity contribution in [1.29, 1.82) is 5.26 Å². The van der Waals surface area contributed by atoms with Crippen LogP contribution >= 0.6 is 0 Å². The van der Waals surface area contributed by atoms with Gasteiger partial charge in [-0.2, -0.15) is 5.26 Å². The Balaban J connectivity index is 2.48. The minimum Gasteiger partial charge on any atom is -0.504 e. The number of methoxy groups -OCH3 is 1. The Bertz CT molecular complexity index is 644. The Hall–Kier alpha value is -2.51. The van der Waals surface area contributed by atoms with E-state index in [9.17, 15) is 10.4 Å². The first-order valence-electron chi connectivity index (χ1n) is 9.05. The highest BCUT2D eigenvalue weighted by Gasteiger charge is 2.24. The van der Waals surface area contributed by atoms with Crippen LogP contribution < -0.4 is 5.32 Å². The van der Waals surface area contributed by atoms with Crippen molar-refractivity contribution < 1.29 is 9.84 Å². The molecule has 0 amide bonds. The van der Waals surface area contributed by atoms with Crippen molar-refractivity contribution in [2.45, 2.75) is 32.6 Å². The molecule has 2 N–H and O–H groups in total. The lowest BCUT2D eigenvalue weighted by Gasteiger charge is -2.21. The smallest absolute Gasteiger partial charge is 0.159 e. The number of hydrogen-bond acceptors (Lipinski definition) is 4. The molecule has 140 valence electrons. The van der Waals surface area contributed by atoms with Gasteiger partial charge in [0.15, 0.2) is 11.5 Å². The van der Waals surface area contributed by atoms with Gasteiger partial charge < -0.3 is 15.2 Å². The number of ether oxygens (including phenoxy) is 1. The Morgan fingerprint density at radius 1 is 1.35 bits per heavy atom. The molecule has 1 unspecified atom stereocenters. The highest BCUT2D eigenvalue weighted by Crippen LogP contribution is 2.29. The van der Waals surface area contributed by atoms with E-state index in [0.717, 1.165) is 32.4 Å². The molecule has 0 saturated carbocycles. The van der Waals surface area contributed by atoms with E-state index in [-0.39, 0.29) is 5.76 Å². The van der Waals surface area contributed by atoms with E-state index in [1.165, 1.54) is 24.8 Å². The Kier molecular flexibility index (Phi) is 9.89. The third kappa shape index (κ3) is 7.16. The van der Waals surface area contributed by atoms with Crippen LogP contribution in [0.3, 0.4) is 0 Å². The maximum Gasteiger partial charge on any atom is 0.159 e. The van der Waals surface area contributed by atoms with Gasteiger partial charge in [-0.3, -0.25) is 0 Å². The maximum atomic E-state index is 9.99. The van der Waals surface area contributed by atoms with Crippen LogP contribution in [0.2, 0.25) is 0 Å². The fourth-order valence-corrected chi connectivity index (χ4v) is 2.69. The van der Waals surface area contributed by atoms with E-state index < -0.39 is 5.41 Å². The number of allylic oxidation sites excluding steroid dienone is 3. The fourth-order valence-electron chi connectivity index (χ4n) is 2.69. The number of aliphatic hydroxyl groups is 1. The number of hydrogen-bond donors (Lipinski definition) is 2. The van der Waals surface area contributed by atoms with E-state index in [2.05, 4.69) is 42.2 Å². The van der Waals surface area contributed by atoms with E-state index in [1.54, 1.807) is 6.08 Å². The van der Waals surface area contributed by atoms with E-state index in [4.69, 9.17) is 4.74 Å². The summed E-state index contributed by atoms with van der Waals surface area (Å²) in [7, 11) is 1.47. The molecular weight excluding hydrogens is 324 g/mol. The van der Waals surface area contributed by atoms with Crippen molar-refractivity contribution in [3.63, 3.8) is 0 Å². The quantitative estimate of drug-likeness (QED) is 0.325. The highest BCUT2D eigenvalue weighted by molar-refractivity contribution is 5.25. The number of benzene rings is 1. The third-order valence-corrected chi connectivity index (χ3v) is 4.48. The molecule has 4 nitrogen and oxygen atoms in total. The average molecular weight is 354 g/mol. The lowest BCUT2D eigenvalue weighted by atomic mass is 9.81. The molecule has 1 atom stereocenters. The zero-order chi connectivity index (χ0) is 19.3. The molecule has 1 rings (SSSR count). The number of nitrogens with one attached hydrogen (secondary N) is 1. The minimum atomic E-state index is -0.588. The van der Waals surface area contributed by atoms with Crippen LogP contribution in [0.5, 0.6) is 0 Å². The van der Waals surface area contributed by atoms with Gasteiger partial charge in [-0.1, -0.05) is 49.9 Å². The summed E-state index contributed by atoms with van der Waals surface area (Å²) in [5, 5.41) is 23.0. The van der Waals surface area contributed by atoms with E-state index in [0.29, 0.717) is 12.2 Å². The first-order valence-corrected chi connectivity index (χ1v) is 9.05. The Morgan fingerprint density at radius 2 is 2.08 bits per heavy atom. The Labute approximate surface area is 157 Å². The number of aliphatic hydroxyl groups excluding tert-OH is 1. The summed E-state index contributed by atoms with van der Waals surface area (Å²) in [4.78, 5) is 0. The van der Waals surface area contributed by atoms with Gasteiger partial charge in [0, 0.05) is 0 Å². The molecule has 0 fully saturated rings. The van der Waals surface area contributed by atoms with Gasteiger partial charge in [0.05, 0.1) is 18.6 Å². The summed E-state index contributed by atoms with van der Waals surface area (Å²) in [5.41, 5.74) is 0.732. The Morgan fingerprint density at radius 3 is 2.65 bits per heavy atom. The van der Waals surface area contributed by atoms with Crippen LogP contribution in [0.25, 0.3) is 0 Å². The molecule has 0 saturated heterocycles. The van der Waals surface area contributed by atoms with Crippen molar-refractivity contribution >= 4 is 0 Å². The normalized spacial score (nSPS) is 14.3. The second kappa shape index (κ2) is 11.9. The van der Waals surface area contributed by atoms with Crippen LogP contribution in [-0.4, -0.2) is 25.3 Å². The zero-order valence-corrected chi connectivity index (χ0v) is 15.9. The average Bonchev–Trinajstić information content (AvgIpc) is 2.69. The molecule has 0 radical (unpaired) electrons. The van der Waals surface area contributed by atoms with Gasteiger partial charge in [-0.15, -0.1) is 0 Å². The molecule has 1 aromatic rings. The van der Waals surface area contributed by atoms with Crippen LogP contribution in [0, 0.1) is 16.7 Å². The lowest BCUT2D eigenvalue weighted by molar-refractivity contribution is 0.274.